The third-order valence-electron chi connectivity index (χ3n) is 5.82. The second-order valence-corrected chi connectivity index (χ2v) is 8.20. The van der Waals surface area contributed by atoms with Crippen LogP contribution in [0.5, 0.6) is 0 Å². The molecule has 6 heteroatoms. The molecule has 0 aliphatic carbocycles. The number of aromatic nitrogens is 2. The van der Waals surface area contributed by atoms with Gasteiger partial charge in [-0.15, -0.1) is 0 Å². The zero-order valence-electron chi connectivity index (χ0n) is 17.6. The van der Waals surface area contributed by atoms with Crippen molar-refractivity contribution >= 4 is 17.3 Å². The third kappa shape index (κ3) is 3.72. The number of benzene rings is 1. The van der Waals surface area contributed by atoms with Gasteiger partial charge in [0.2, 0.25) is 0 Å². The molecule has 2 aromatic heterocycles. The standard InChI is InChI=1S/C24H27FN4S/c1-4-5-14-28-23(22(27-24(28)30)21-8-6-7-13-26-21)20-15-16(2)29(17(20)3)19-11-9-18(25)10-12-19/h6-13,15,22-23H,4-5,14H2,1-3H3,(H,27,30)/t22-,23-/m1/s1. The van der Waals surface area contributed by atoms with E-state index in [0.29, 0.717) is 0 Å². The van der Waals surface area contributed by atoms with E-state index >= 15 is 0 Å². The highest BCUT2D eigenvalue weighted by molar-refractivity contribution is 7.80. The van der Waals surface area contributed by atoms with Gasteiger partial charge in [-0.3, -0.25) is 4.98 Å². The first-order valence-corrected chi connectivity index (χ1v) is 10.8. The van der Waals surface area contributed by atoms with Gasteiger partial charge < -0.3 is 14.8 Å². The Morgan fingerprint density at radius 3 is 2.57 bits per heavy atom. The van der Waals surface area contributed by atoms with E-state index in [1.165, 1.54) is 17.7 Å². The molecule has 1 N–H and O–H groups in total. The lowest BCUT2D eigenvalue weighted by Crippen LogP contribution is -2.30. The van der Waals surface area contributed by atoms with Gasteiger partial charge in [-0.2, -0.15) is 0 Å². The number of hydrogen-bond donors (Lipinski definition) is 1. The summed E-state index contributed by atoms with van der Waals surface area (Å²) in [7, 11) is 0. The van der Waals surface area contributed by atoms with Crippen molar-refractivity contribution in [3.8, 4) is 5.69 Å². The minimum atomic E-state index is -0.229. The van der Waals surface area contributed by atoms with Crippen molar-refractivity contribution in [2.24, 2.45) is 0 Å². The monoisotopic (exact) mass is 422 g/mol. The van der Waals surface area contributed by atoms with E-state index in [0.717, 1.165) is 47.3 Å². The Morgan fingerprint density at radius 2 is 1.90 bits per heavy atom. The fraction of sp³-hybridized carbons (Fsp3) is 0.333. The van der Waals surface area contributed by atoms with Crippen LogP contribution in [0, 0.1) is 19.7 Å². The van der Waals surface area contributed by atoms with Gasteiger partial charge in [0.15, 0.2) is 5.11 Å². The van der Waals surface area contributed by atoms with Crippen LogP contribution in [-0.4, -0.2) is 26.1 Å². The van der Waals surface area contributed by atoms with Gasteiger partial charge in [0.05, 0.1) is 17.8 Å². The van der Waals surface area contributed by atoms with Crippen molar-refractivity contribution in [2.75, 3.05) is 6.54 Å². The van der Waals surface area contributed by atoms with Crippen LogP contribution in [0.15, 0.2) is 54.7 Å². The molecule has 1 fully saturated rings. The highest BCUT2D eigenvalue weighted by atomic mass is 32.1. The summed E-state index contributed by atoms with van der Waals surface area (Å²) in [5.74, 6) is -0.229. The fourth-order valence-corrected chi connectivity index (χ4v) is 4.72. The molecule has 0 radical (unpaired) electrons. The minimum Gasteiger partial charge on any atom is -0.352 e. The molecule has 1 saturated heterocycles. The number of aryl methyl sites for hydroxylation is 1. The van der Waals surface area contributed by atoms with Crippen LogP contribution in [0.1, 0.15) is 54.5 Å². The highest BCUT2D eigenvalue weighted by Crippen LogP contribution is 2.41. The normalized spacial score (nSPS) is 18.7. The molecule has 0 spiro atoms. The smallest absolute Gasteiger partial charge is 0.170 e. The summed E-state index contributed by atoms with van der Waals surface area (Å²) in [5, 5.41) is 4.29. The molecule has 4 rings (SSSR count). The van der Waals surface area contributed by atoms with Gasteiger partial charge in [0.25, 0.3) is 0 Å². The summed E-state index contributed by atoms with van der Waals surface area (Å²) in [6, 6.07) is 14.9. The number of nitrogens with one attached hydrogen (secondary N) is 1. The molecule has 3 aromatic rings. The van der Waals surface area contributed by atoms with Crippen molar-refractivity contribution in [3.63, 3.8) is 0 Å². The predicted molar refractivity (Wildman–Crippen MR) is 122 cm³/mol. The second kappa shape index (κ2) is 8.56. The second-order valence-electron chi connectivity index (χ2n) is 7.81. The first-order chi connectivity index (χ1) is 14.5. The Balaban J connectivity index is 1.81. The van der Waals surface area contributed by atoms with Crippen LogP contribution in [0.3, 0.4) is 0 Å². The van der Waals surface area contributed by atoms with E-state index in [4.69, 9.17) is 12.2 Å². The maximum absolute atomic E-state index is 13.5. The third-order valence-corrected chi connectivity index (χ3v) is 6.18. The van der Waals surface area contributed by atoms with Crippen molar-refractivity contribution in [1.82, 2.24) is 19.8 Å². The van der Waals surface area contributed by atoms with Gasteiger partial charge in [0.1, 0.15) is 5.82 Å². The largest absolute Gasteiger partial charge is 0.352 e. The van der Waals surface area contributed by atoms with Crippen LogP contribution < -0.4 is 5.32 Å². The summed E-state index contributed by atoms with van der Waals surface area (Å²) in [4.78, 5) is 6.92. The molecule has 3 heterocycles. The Bertz CT molecular complexity index is 1030. The van der Waals surface area contributed by atoms with Gasteiger partial charge in [0, 0.05) is 29.8 Å². The molecular formula is C24H27FN4S. The lowest BCUT2D eigenvalue weighted by molar-refractivity contribution is 0.312. The Kier molecular flexibility index (Phi) is 5.86. The van der Waals surface area contributed by atoms with Crippen molar-refractivity contribution in [1.29, 1.82) is 0 Å². The van der Waals surface area contributed by atoms with Gasteiger partial charge in [-0.05, 0) is 80.5 Å². The topological polar surface area (TPSA) is 33.1 Å². The molecule has 1 aliphatic rings. The van der Waals surface area contributed by atoms with E-state index in [1.54, 1.807) is 0 Å². The quantitative estimate of drug-likeness (QED) is 0.539. The van der Waals surface area contributed by atoms with Crippen LogP contribution in [0.4, 0.5) is 4.39 Å². The highest BCUT2D eigenvalue weighted by Gasteiger charge is 2.41. The molecule has 2 atom stereocenters. The summed E-state index contributed by atoms with van der Waals surface area (Å²) in [6.07, 6.45) is 4.01. The first kappa shape index (κ1) is 20.5. The van der Waals surface area contributed by atoms with Crippen LogP contribution in [0.2, 0.25) is 0 Å². The molecule has 4 nitrogen and oxygen atoms in total. The van der Waals surface area contributed by atoms with Crippen molar-refractivity contribution in [2.45, 2.75) is 45.7 Å². The molecule has 30 heavy (non-hydrogen) atoms. The van der Waals surface area contributed by atoms with Gasteiger partial charge in [-0.1, -0.05) is 19.4 Å². The lowest BCUT2D eigenvalue weighted by atomic mass is 9.96. The molecule has 156 valence electrons. The molecular weight excluding hydrogens is 395 g/mol. The van der Waals surface area contributed by atoms with Crippen LogP contribution in [0.25, 0.3) is 5.69 Å². The predicted octanol–water partition coefficient (Wildman–Crippen LogP) is 5.40. The van der Waals surface area contributed by atoms with E-state index in [2.05, 4.69) is 52.7 Å². The zero-order valence-corrected chi connectivity index (χ0v) is 18.4. The Hall–Kier alpha value is -2.73. The Morgan fingerprint density at radius 1 is 1.13 bits per heavy atom. The maximum atomic E-state index is 13.5. The number of halogens is 1. The SMILES string of the molecule is CCCCN1C(=S)N[C@H](c2ccccn2)[C@H]1c1cc(C)n(-c2ccc(F)cc2)c1C. The van der Waals surface area contributed by atoms with E-state index in [1.807, 2.05) is 30.5 Å². The average Bonchev–Trinajstić information content (AvgIpc) is 3.23. The van der Waals surface area contributed by atoms with Crippen LogP contribution in [-0.2, 0) is 0 Å². The zero-order chi connectivity index (χ0) is 21.3. The van der Waals surface area contributed by atoms with E-state index < -0.39 is 0 Å². The Labute approximate surface area is 182 Å². The summed E-state index contributed by atoms with van der Waals surface area (Å²) in [6.45, 7) is 7.31. The number of unbranched alkanes of at least 4 members (excludes halogenated alkanes) is 1. The molecule has 0 amide bonds. The molecule has 0 saturated carbocycles. The number of hydrogen-bond acceptors (Lipinski definition) is 2. The first-order valence-electron chi connectivity index (χ1n) is 10.4. The number of thiocarbonyl (C=S) groups is 1. The minimum absolute atomic E-state index is 0.0160. The van der Waals surface area contributed by atoms with Gasteiger partial charge in [-0.25, -0.2) is 4.39 Å². The average molecular weight is 423 g/mol. The molecule has 1 aromatic carbocycles. The van der Waals surface area contributed by atoms with Crippen LogP contribution >= 0.6 is 12.2 Å². The molecule has 1 aliphatic heterocycles. The summed E-state index contributed by atoms with van der Waals surface area (Å²) >= 11 is 5.74. The molecule has 0 unspecified atom stereocenters. The van der Waals surface area contributed by atoms with E-state index in [9.17, 15) is 4.39 Å². The number of pyridine rings is 1. The maximum Gasteiger partial charge on any atom is 0.170 e. The fourth-order valence-electron chi connectivity index (χ4n) is 4.39. The summed E-state index contributed by atoms with van der Waals surface area (Å²) < 4.78 is 15.6. The van der Waals surface area contributed by atoms with E-state index in [-0.39, 0.29) is 17.9 Å². The lowest BCUT2D eigenvalue weighted by Gasteiger charge is -2.28. The summed E-state index contributed by atoms with van der Waals surface area (Å²) in [5.41, 5.74) is 5.41. The van der Waals surface area contributed by atoms with Gasteiger partial charge >= 0.3 is 0 Å². The van der Waals surface area contributed by atoms with Crippen molar-refractivity contribution < 1.29 is 4.39 Å². The number of nitrogens with zero attached hydrogens (tertiary/aromatic N) is 3. The van der Waals surface area contributed by atoms with Crippen molar-refractivity contribution in [3.05, 3.63) is 83.2 Å². The number of rotatable bonds is 6. The molecule has 0 bridgehead atoms.